The van der Waals surface area contributed by atoms with Crippen LogP contribution >= 0.6 is 0 Å². The van der Waals surface area contributed by atoms with Gasteiger partial charge in [-0.25, -0.2) is 0 Å². The predicted molar refractivity (Wildman–Crippen MR) is 94.5 cm³/mol. The van der Waals surface area contributed by atoms with E-state index in [0.717, 1.165) is 16.9 Å². The van der Waals surface area contributed by atoms with Gasteiger partial charge in [0.2, 0.25) is 5.91 Å². The number of rotatable bonds is 6. The van der Waals surface area contributed by atoms with E-state index in [2.05, 4.69) is 10.6 Å². The third-order valence-corrected chi connectivity index (χ3v) is 3.63. The lowest BCUT2D eigenvalue weighted by Crippen LogP contribution is -2.32. The fourth-order valence-electron chi connectivity index (χ4n) is 2.15. The summed E-state index contributed by atoms with van der Waals surface area (Å²) >= 11 is 0. The zero-order valence-corrected chi connectivity index (χ0v) is 14.2. The lowest BCUT2D eigenvalue weighted by Gasteiger charge is -2.09. The molecule has 0 aliphatic heterocycles. The molecule has 126 valence electrons. The highest BCUT2D eigenvalue weighted by molar-refractivity contribution is 5.99. The second-order valence-corrected chi connectivity index (χ2v) is 5.49. The Morgan fingerprint density at radius 1 is 1.00 bits per heavy atom. The van der Waals surface area contributed by atoms with Gasteiger partial charge in [0, 0.05) is 11.3 Å². The van der Waals surface area contributed by atoms with Crippen molar-refractivity contribution >= 4 is 17.5 Å². The molecular formula is C19H22N2O3. The topological polar surface area (TPSA) is 67.4 Å². The van der Waals surface area contributed by atoms with Crippen LogP contribution in [0, 0.1) is 13.8 Å². The molecule has 0 saturated heterocycles. The molecular weight excluding hydrogens is 304 g/mol. The average molecular weight is 326 g/mol. The van der Waals surface area contributed by atoms with Gasteiger partial charge in [-0.15, -0.1) is 0 Å². The second-order valence-electron chi connectivity index (χ2n) is 5.49. The van der Waals surface area contributed by atoms with Crippen LogP contribution in [0.2, 0.25) is 0 Å². The standard InChI is InChI=1S/C19H22N2O3/c1-4-24-17-9-7-16(8-10-17)21-18(22)12-20-19(23)15-6-5-13(2)14(3)11-15/h5-11H,4,12H2,1-3H3,(H,20,23)(H,21,22). The predicted octanol–water partition coefficient (Wildman–Crippen LogP) is 3.07. The van der Waals surface area contributed by atoms with Crippen LogP contribution in [0.15, 0.2) is 42.5 Å². The summed E-state index contributed by atoms with van der Waals surface area (Å²) in [6, 6.07) is 12.5. The van der Waals surface area contributed by atoms with Gasteiger partial charge in [0.15, 0.2) is 0 Å². The molecule has 5 heteroatoms. The largest absolute Gasteiger partial charge is 0.494 e. The Morgan fingerprint density at radius 2 is 1.71 bits per heavy atom. The molecule has 0 aromatic heterocycles. The van der Waals surface area contributed by atoms with E-state index < -0.39 is 0 Å². The molecule has 0 unspecified atom stereocenters. The maximum Gasteiger partial charge on any atom is 0.251 e. The number of hydrogen-bond acceptors (Lipinski definition) is 3. The summed E-state index contributed by atoms with van der Waals surface area (Å²) in [5.74, 6) is 0.204. The zero-order valence-electron chi connectivity index (χ0n) is 14.2. The maximum absolute atomic E-state index is 12.1. The summed E-state index contributed by atoms with van der Waals surface area (Å²) in [5, 5.41) is 5.35. The van der Waals surface area contributed by atoms with Crippen LogP contribution in [-0.4, -0.2) is 25.0 Å². The van der Waals surface area contributed by atoms with E-state index in [1.165, 1.54) is 0 Å². The first kappa shape index (κ1) is 17.5. The van der Waals surface area contributed by atoms with Crippen molar-refractivity contribution < 1.29 is 14.3 Å². The van der Waals surface area contributed by atoms with Crippen LogP contribution in [-0.2, 0) is 4.79 Å². The first-order chi connectivity index (χ1) is 11.5. The molecule has 2 N–H and O–H groups in total. The highest BCUT2D eigenvalue weighted by Gasteiger charge is 2.09. The Morgan fingerprint density at radius 3 is 2.33 bits per heavy atom. The van der Waals surface area contributed by atoms with Crippen molar-refractivity contribution in [3.63, 3.8) is 0 Å². The third-order valence-electron chi connectivity index (χ3n) is 3.63. The monoisotopic (exact) mass is 326 g/mol. The summed E-state index contributed by atoms with van der Waals surface area (Å²) in [6.45, 7) is 6.36. The van der Waals surface area contributed by atoms with Gasteiger partial charge in [-0.3, -0.25) is 9.59 Å². The minimum atomic E-state index is -0.281. The van der Waals surface area contributed by atoms with Gasteiger partial charge in [0.05, 0.1) is 13.2 Å². The second kappa shape index (κ2) is 8.15. The number of ether oxygens (including phenoxy) is 1. The summed E-state index contributed by atoms with van der Waals surface area (Å²) in [5.41, 5.74) is 3.37. The third kappa shape index (κ3) is 4.84. The highest BCUT2D eigenvalue weighted by atomic mass is 16.5. The van der Waals surface area contributed by atoms with E-state index in [9.17, 15) is 9.59 Å². The number of nitrogens with one attached hydrogen (secondary N) is 2. The minimum absolute atomic E-state index is 0.0844. The fraction of sp³-hybridized carbons (Fsp3) is 0.263. The SMILES string of the molecule is CCOc1ccc(NC(=O)CNC(=O)c2ccc(C)c(C)c2)cc1. The first-order valence-corrected chi connectivity index (χ1v) is 7.87. The molecule has 0 bridgehead atoms. The van der Waals surface area contributed by atoms with Gasteiger partial charge >= 0.3 is 0 Å². The van der Waals surface area contributed by atoms with Crippen molar-refractivity contribution in [3.05, 3.63) is 59.2 Å². The van der Waals surface area contributed by atoms with E-state index in [1.54, 1.807) is 30.3 Å². The molecule has 5 nitrogen and oxygen atoms in total. The molecule has 0 saturated carbocycles. The molecule has 0 heterocycles. The molecule has 2 rings (SSSR count). The van der Waals surface area contributed by atoms with Crippen molar-refractivity contribution in [2.24, 2.45) is 0 Å². The van der Waals surface area contributed by atoms with Crippen LogP contribution in [0.1, 0.15) is 28.4 Å². The Bertz CT molecular complexity index is 724. The Labute approximate surface area is 142 Å². The minimum Gasteiger partial charge on any atom is -0.494 e. The van der Waals surface area contributed by atoms with E-state index in [1.807, 2.05) is 32.9 Å². The molecule has 2 aromatic carbocycles. The maximum atomic E-state index is 12.1. The Kier molecular flexibility index (Phi) is 5.95. The van der Waals surface area contributed by atoms with Gasteiger partial charge < -0.3 is 15.4 Å². The molecule has 0 fully saturated rings. The molecule has 2 aromatic rings. The number of aryl methyl sites for hydroxylation is 2. The summed E-state index contributed by atoms with van der Waals surface area (Å²) in [6.07, 6.45) is 0. The number of hydrogen-bond donors (Lipinski definition) is 2. The summed E-state index contributed by atoms with van der Waals surface area (Å²) < 4.78 is 5.34. The molecule has 0 spiro atoms. The van der Waals surface area contributed by atoms with Crippen molar-refractivity contribution in [2.75, 3.05) is 18.5 Å². The zero-order chi connectivity index (χ0) is 17.5. The summed E-state index contributed by atoms with van der Waals surface area (Å²) in [7, 11) is 0. The van der Waals surface area contributed by atoms with Crippen LogP contribution in [0.4, 0.5) is 5.69 Å². The molecule has 2 amide bonds. The molecule has 0 atom stereocenters. The lowest BCUT2D eigenvalue weighted by atomic mass is 10.1. The van der Waals surface area contributed by atoms with Gasteiger partial charge in [-0.2, -0.15) is 0 Å². The van der Waals surface area contributed by atoms with Crippen LogP contribution in [0.5, 0.6) is 5.75 Å². The Hall–Kier alpha value is -2.82. The van der Waals surface area contributed by atoms with Crippen molar-refractivity contribution in [2.45, 2.75) is 20.8 Å². The number of benzene rings is 2. The van der Waals surface area contributed by atoms with Gasteiger partial charge in [-0.05, 0) is 68.3 Å². The summed E-state index contributed by atoms with van der Waals surface area (Å²) in [4.78, 5) is 24.0. The molecule has 24 heavy (non-hydrogen) atoms. The average Bonchev–Trinajstić information content (AvgIpc) is 2.57. The van der Waals surface area contributed by atoms with Crippen LogP contribution in [0.25, 0.3) is 0 Å². The Balaban J connectivity index is 1.86. The van der Waals surface area contributed by atoms with Crippen LogP contribution in [0.3, 0.4) is 0 Å². The quantitative estimate of drug-likeness (QED) is 0.857. The normalized spacial score (nSPS) is 10.1. The van der Waals surface area contributed by atoms with Gasteiger partial charge in [0.1, 0.15) is 5.75 Å². The van der Waals surface area contributed by atoms with Crippen LogP contribution < -0.4 is 15.4 Å². The van der Waals surface area contributed by atoms with E-state index in [4.69, 9.17) is 4.74 Å². The van der Waals surface area contributed by atoms with E-state index >= 15 is 0 Å². The van der Waals surface area contributed by atoms with Gasteiger partial charge in [0.25, 0.3) is 5.91 Å². The number of anilines is 1. The highest BCUT2D eigenvalue weighted by Crippen LogP contribution is 2.15. The van der Waals surface area contributed by atoms with E-state index in [0.29, 0.717) is 17.9 Å². The lowest BCUT2D eigenvalue weighted by molar-refractivity contribution is -0.115. The molecule has 0 aliphatic carbocycles. The number of amides is 2. The molecule has 0 radical (unpaired) electrons. The van der Waals surface area contributed by atoms with Crippen molar-refractivity contribution in [3.8, 4) is 5.75 Å². The number of carbonyl (C=O) groups excluding carboxylic acids is 2. The van der Waals surface area contributed by atoms with Gasteiger partial charge in [-0.1, -0.05) is 6.07 Å². The van der Waals surface area contributed by atoms with Crippen molar-refractivity contribution in [1.82, 2.24) is 5.32 Å². The first-order valence-electron chi connectivity index (χ1n) is 7.87. The van der Waals surface area contributed by atoms with Crippen molar-refractivity contribution in [1.29, 1.82) is 0 Å². The number of carbonyl (C=O) groups is 2. The fourth-order valence-corrected chi connectivity index (χ4v) is 2.15. The van der Waals surface area contributed by atoms with E-state index in [-0.39, 0.29) is 18.4 Å². The smallest absolute Gasteiger partial charge is 0.251 e. The molecule has 0 aliphatic rings.